The third-order valence-electron chi connectivity index (χ3n) is 5.00. The lowest BCUT2D eigenvalue weighted by atomic mass is 10.1. The Morgan fingerprint density at radius 3 is 2.18 bits per heavy atom. The van der Waals surface area contributed by atoms with E-state index >= 15 is 0 Å². The summed E-state index contributed by atoms with van der Waals surface area (Å²) in [4.78, 5) is 12.3. The van der Waals surface area contributed by atoms with Gasteiger partial charge >= 0.3 is 11.9 Å². The standard InChI is InChI=1S/C17H21F3N4O3S/c1-3-12-4-6-14(7-5-12)28(26,27)23-10-8-13(9-11-23)24-16(25)22(2)15(21-24)17(18,19)20/h4-7,13H,3,8-11H2,1-2H3. The van der Waals surface area contributed by atoms with Gasteiger partial charge in [-0.05, 0) is 37.0 Å². The van der Waals surface area contributed by atoms with Crippen molar-refractivity contribution in [1.82, 2.24) is 18.7 Å². The van der Waals surface area contributed by atoms with Gasteiger partial charge in [0.15, 0.2) is 0 Å². The van der Waals surface area contributed by atoms with E-state index < -0.39 is 33.8 Å². The molecule has 0 saturated carbocycles. The molecule has 0 radical (unpaired) electrons. The van der Waals surface area contributed by atoms with Gasteiger partial charge in [-0.2, -0.15) is 17.5 Å². The van der Waals surface area contributed by atoms with Crippen LogP contribution < -0.4 is 5.69 Å². The first kappa shape index (κ1) is 20.6. The highest BCUT2D eigenvalue weighted by Crippen LogP contribution is 2.29. The number of piperidine rings is 1. The molecule has 0 bridgehead atoms. The van der Waals surface area contributed by atoms with Gasteiger partial charge < -0.3 is 0 Å². The number of aromatic nitrogens is 3. The van der Waals surface area contributed by atoms with E-state index in [0.717, 1.165) is 23.7 Å². The first-order chi connectivity index (χ1) is 13.1. The van der Waals surface area contributed by atoms with Crippen molar-refractivity contribution in [2.45, 2.75) is 43.3 Å². The molecule has 2 heterocycles. The molecule has 2 aromatic rings. The number of hydrogen-bond donors (Lipinski definition) is 0. The molecular formula is C17H21F3N4O3S. The summed E-state index contributed by atoms with van der Waals surface area (Å²) >= 11 is 0. The van der Waals surface area contributed by atoms with Gasteiger partial charge in [0.25, 0.3) is 0 Å². The summed E-state index contributed by atoms with van der Waals surface area (Å²) < 4.78 is 67.0. The lowest BCUT2D eigenvalue weighted by molar-refractivity contribution is -0.147. The average molecular weight is 418 g/mol. The Morgan fingerprint density at radius 2 is 1.71 bits per heavy atom. The van der Waals surface area contributed by atoms with Gasteiger partial charge in [0, 0.05) is 20.1 Å². The van der Waals surface area contributed by atoms with E-state index in [0.29, 0.717) is 4.57 Å². The van der Waals surface area contributed by atoms with Crippen LogP contribution in [0.15, 0.2) is 34.0 Å². The van der Waals surface area contributed by atoms with Crippen LogP contribution in [0.1, 0.15) is 37.2 Å². The Hall–Kier alpha value is -2.14. The molecule has 0 amide bonds. The zero-order chi connectivity index (χ0) is 20.7. The van der Waals surface area contributed by atoms with Crippen LogP contribution in [0.4, 0.5) is 13.2 Å². The topological polar surface area (TPSA) is 77.2 Å². The Kier molecular flexibility index (Phi) is 5.41. The van der Waals surface area contributed by atoms with Gasteiger partial charge in [0.2, 0.25) is 15.8 Å². The summed E-state index contributed by atoms with van der Waals surface area (Å²) in [7, 11) is -2.67. The lowest BCUT2D eigenvalue weighted by Gasteiger charge is -2.30. The van der Waals surface area contributed by atoms with Gasteiger partial charge in [-0.15, -0.1) is 5.10 Å². The lowest BCUT2D eigenvalue weighted by Crippen LogP contribution is -2.41. The van der Waals surface area contributed by atoms with Crippen molar-refractivity contribution in [1.29, 1.82) is 0 Å². The summed E-state index contributed by atoms with van der Waals surface area (Å²) in [6, 6.07) is 6.04. The summed E-state index contributed by atoms with van der Waals surface area (Å²) in [6.45, 7) is 2.18. The van der Waals surface area contributed by atoms with Crippen LogP contribution in [0.2, 0.25) is 0 Å². The minimum absolute atomic E-state index is 0.104. The molecule has 3 rings (SSSR count). The number of alkyl halides is 3. The van der Waals surface area contributed by atoms with Crippen LogP contribution in [-0.2, 0) is 29.7 Å². The number of nitrogens with zero attached hydrogens (tertiary/aromatic N) is 4. The Labute approximate surface area is 160 Å². The van der Waals surface area contributed by atoms with E-state index in [9.17, 15) is 26.4 Å². The third kappa shape index (κ3) is 3.72. The van der Waals surface area contributed by atoms with Crippen molar-refractivity contribution in [3.63, 3.8) is 0 Å². The fourth-order valence-electron chi connectivity index (χ4n) is 3.31. The summed E-state index contributed by atoms with van der Waals surface area (Å²) in [5.41, 5.74) is 0.163. The SMILES string of the molecule is CCc1ccc(S(=O)(=O)N2CCC(n3nc(C(F)(F)F)n(C)c3=O)CC2)cc1. The van der Waals surface area contributed by atoms with Crippen LogP contribution in [0.25, 0.3) is 0 Å². The van der Waals surface area contributed by atoms with Crippen LogP contribution in [0.5, 0.6) is 0 Å². The molecule has 1 saturated heterocycles. The number of rotatable bonds is 4. The number of aryl methyl sites for hydroxylation is 1. The zero-order valence-electron chi connectivity index (χ0n) is 15.5. The van der Waals surface area contributed by atoms with Crippen LogP contribution >= 0.6 is 0 Å². The molecular weight excluding hydrogens is 397 g/mol. The Balaban J connectivity index is 1.76. The highest BCUT2D eigenvalue weighted by molar-refractivity contribution is 7.89. The molecule has 0 atom stereocenters. The van der Waals surface area contributed by atoms with Crippen LogP contribution in [0, 0.1) is 0 Å². The number of hydrogen-bond acceptors (Lipinski definition) is 4. The minimum Gasteiger partial charge on any atom is -0.274 e. The molecule has 1 aromatic heterocycles. The zero-order valence-corrected chi connectivity index (χ0v) is 16.3. The van der Waals surface area contributed by atoms with Gasteiger partial charge in [-0.1, -0.05) is 19.1 Å². The highest BCUT2D eigenvalue weighted by atomic mass is 32.2. The third-order valence-corrected chi connectivity index (χ3v) is 6.91. The Morgan fingerprint density at radius 1 is 1.14 bits per heavy atom. The van der Waals surface area contributed by atoms with Gasteiger partial charge in [-0.3, -0.25) is 4.57 Å². The molecule has 1 aliphatic heterocycles. The van der Waals surface area contributed by atoms with Crippen molar-refractivity contribution in [3.8, 4) is 0 Å². The van der Waals surface area contributed by atoms with Crippen molar-refractivity contribution < 1.29 is 21.6 Å². The molecule has 0 aliphatic carbocycles. The molecule has 11 heteroatoms. The number of sulfonamides is 1. The summed E-state index contributed by atoms with van der Waals surface area (Å²) in [5.74, 6) is -1.26. The number of halogens is 3. The van der Waals surface area contributed by atoms with Crippen molar-refractivity contribution in [2.24, 2.45) is 7.05 Å². The fourth-order valence-corrected chi connectivity index (χ4v) is 4.78. The van der Waals surface area contributed by atoms with Gasteiger partial charge in [-0.25, -0.2) is 17.9 Å². The molecule has 28 heavy (non-hydrogen) atoms. The molecule has 154 valence electrons. The monoisotopic (exact) mass is 418 g/mol. The average Bonchev–Trinajstić information content (AvgIpc) is 2.97. The van der Waals surface area contributed by atoms with Gasteiger partial charge in [0.1, 0.15) is 0 Å². The summed E-state index contributed by atoms with van der Waals surface area (Å²) in [5, 5.41) is 3.44. The smallest absolute Gasteiger partial charge is 0.274 e. The quantitative estimate of drug-likeness (QED) is 0.763. The molecule has 0 spiro atoms. The van der Waals surface area contributed by atoms with Crippen LogP contribution in [-0.4, -0.2) is 40.2 Å². The van der Waals surface area contributed by atoms with Gasteiger partial charge in [0.05, 0.1) is 10.9 Å². The van der Waals surface area contributed by atoms with E-state index in [2.05, 4.69) is 5.10 Å². The predicted molar refractivity (Wildman–Crippen MR) is 95.3 cm³/mol. The predicted octanol–water partition coefficient (Wildman–Crippen LogP) is 2.19. The van der Waals surface area contributed by atoms with Crippen molar-refractivity contribution >= 4 is 10.0 Å². The second-order valence-electron chi connectivity index (χ2n) is 6.74. The molecule has 1 aromatic carbocycles. The van der Waals surface area contributed by atoms with Crippen molar-refractivity contribution in [3.05, 3.63) is 46.1 Å². The minimum atomic E-state index is -4.73. The summed E-state index contributed by atoms with van der Waals surface area (Å²) in [6.07, 6.45) is -3.51. The van der Waals surface area contributed by atoms with E-state index in [1.807, 2.05) is 6.92 Å². The maximum Gasteiger partial charge on any atom is 0.451 e. The normalized spacial score (nSPS) is 17.2. The first-order valence-corrected chi connectivity index (χ1v) is 10.3. The fraction of sp³-hybridized carbons (Fsp3) is 0.529. The Bertz CT molecular complexity index is 1000. The first-order valence-electron chi connectivity index (χ1n) is 8.87. The van der Waals surface area contributed by atoms with E-state index in [1.165, 1.54) is 4.31 Å². The maximum atomic E-state index is 12.9. The second-order valence-corrected chi connectivity index (χ2v) is 8.68. The molecule has 0 N–H and O–H groups in total. The molecule has 1 fully saturated rings. The van der Waals surface area contributed by atoms with Crippen LogP contribution in [0.3, 0.4) is 0 Å². The number of benzene rings is 1. The maximum absolute atomic E-state index is 12.9. The molecule has 7 nitrogen and oxygen atoms in total. The van der Waals surface area contributed by atoms with E-state index in [-0.39, 0.29) is 30.8 Å². The largest absolute Gasteiger partial charge is 0.451 e. The van der Waals surface area contributed by atoms with E-state index in [4.69, 9.17) is 0 Å². The highest BCUT2D eigenvalue weighted by Gasteiger charge is 2.39. The van der Waals surface area contributed by atoms with E-state index in [1.54, 1.807) is 24.3 Å². The van der Waals surface area contributed by atoms with Crippen molar-refractivity contribution in [2.75, 3.05) is 13.1 Å². The molecule has 1 aliphatic rings. The molecule has 0 unspecified atom stereocenters. The second kappa shape index (κ2) is 7.36.